The van der Waals surface area contributed by atoms with Gasteiger partial charge in [0.2, 0.25) is 0 Å². The highest BCUT2D eigenvalue weighted by Crippen LogP contribution is 2.30. The first-order valence-electron chi connectivity index (χ1n) is 7.80. The number of ether oxygens (including phenoxy) is 2. The number of carboxylic acids is 1. The topological polar surface area (TPSA) is 79.3 Å². The summed E-state index contributed by atoms with van der Waals surface area (Å²) >= 11 is 0. The molecule has 2 rings (SSSR count). The predicted molar refractivity (Wildman–Crippen MR) is 88.3 cm³/mol. The van der Waals surface area contributed by atoms with Crippen LogP contribution >= 0.6 is 0 Å². The summed E-state index contributed by atoms with van der Waals surface area (Å²) in [5.41, 5.74) is -1.13. The lowest BCUT2D eigenvalue weighted by molar-refractivity contribution is -0.153. The van der Waals surface area contributed by atoms with Gasteiger partial charge in [0.25, 0.3) is 5.91 Å². The van der Waals surface area contributed by atoms with Crippen molar-refractivity contribution in [1.82, 2.24) is 9.80 Å². The van der Waals surface area contributed by atoms with Crippen molar-refractivity contribution in [1.29, 1.82) is 0 Å². The Bertz CT molecular complexity index is 617. The van der Waals surface area contributed by atoms with Crippen LogP contribution < -0.4 is 9.47 Å². The molecule has 1 heterocycles. The Kier molecular flexibility index (Phi) is 5.33. The molecule has 24 heavy (non-hydrogen) atoms. The van der Waals surface area contributed by atoms with Crippen molar-refractivity contribution in [2.24, 2.45) is 0 Å². The van der Waals surface area contributed by atoms with Gasteiger partial charge in [-0.1, -0.05) is 12.1 Å². The number of benzene rings is 1. The van der Waals surface area contributed by atoms with Gasteiger partial charge < -0.3 is 19.5 Å². The Morgan fingerprint density at radius 2 is 1.83 bits per heavy atom. The quantitative estimate of drug-likeness (QED) is 0.867. The van der Waals surface area contributed by atoms with Crippen LogP contribution in [-0.2, 0) is 9.59 Å². The zero-order chi connectivity index (χ0) is 17.9. The first kappa shape index (κ1) is 18.1. The van der Waals surface area contributed by atoms with Gasteiger partial charge in [-0.05, 0) is 33.0 Å². The Morgan fingerprint density at radius 1 is 1.21 bits per heavy atom. The molecule has 0 aromatic heterocycles. The fourth-order valence-electron chi connectivity index (χ4n) is 2.73. The molecule has 0 aliphatic carbocycles. The highest BCUT2D eigenvalue weighted by molar-refractivity contribution is 5.86. The number of para-hydroxylation sites is 2. The number of hydrogen-bond acceptors (Lipinski definition) is 5. The van der Waals surface area contributed by atoms with Crippen molar-refractivity contribution in [2.75, 3.05) is 33.8 Å². The normalized spacial score (nSPS) is 19.0. The van der Waals surface area contributed by atoms with Crippen LogP contribution in [0.2, 0.25) is 0 Å². The van der Waals surface area contributed by atoms with E-state index in [-0.39, 0.29) is 12.5 Å². The second-order valence-corrected chi connectivity index (χ2v) is 6.35. The Balaban J connectivity index is 2.13. The highest BCUT2D eigenvalue weighted by atomic mass is 16.5. The standard InChI is InChI=1S/C17H24N2O5/c1-17(2,24-14-8-6-5-7-13(14)23-4)16(22)19-10-9-18(3)12(11-19)15(20)21/h5-8,12H,9-11H2,1-4H3,(H,20,21). The molecule has 1 aromatic carbocycles. The van der Waals surface area contributed by atoms with E-state index in [0.717, 1.165) is 0 Å². The first-order valence-corrected chi connectivity index (χ1v) is 7.80. The molecule has 132 valence electrons. The van der Waals surface area contributed by atoms with E-state index in [9.17, 15) is 14.7 Å². The second kappa shape index (κ2) is 7.09. The number of amides is 1. The molecule has 0 bridgehead atoms. The van der Waals surface area contributed by atoms with Gasteiger partial charge in [0, 0.05) is 19.6 Å². The van der Waals surface area contributed by atoms with E-state index in [4.69, 9.17) is 9.47 Å². The van der Waals surface area contributed by atoms with Crippen LogP contribution in [0.25, 0.3) is 0 Å². The number of likely N-dealkylation sites (N-methyl/N-ethyl adjacent to an activating group) is 1. The molecule has 1 aliphatic heterocycles. The average molecular weight is 336 g/mol. The van der Waals surface area contributed by atoms with Gasteiger partial charge in [0.15, 0.2) is 17.1 Å². The molecule has 1 fully saturated rings. The molecular weight excluding hydrogens is 312 g/mol. The smallest absolute Gasteiger partial charge is 0.322 e. The molecule has 1 N–H and O–H groups in total. The van der Waals surface area contributed by atoms with Crippen LogP contribution in [0.5, 0.6) is 11.5 Å². The van der Waals surface area contributed by atoms with Gasteiger partial charge in [-0.2, -0.15) is 0 Å². The van der Waals surface area contributed by atoms with Crippen molar-refractivity contribution in [2.45, 2.75) is 25.5 Å². The average Bonchev–Trinajstić information content (AvgIpc) is 2.54. The summed E-state index contributed by atoms with van der Waals surface area (Å²) in [5, 5.41) is 9.29. The predicted octanol–water partition coefficient (Wildman–Crippen LogP) is 1.08. The van der Waals surface area contributed by atoms with Crippen LogP contribution in [0.4, 0.5) is 0 Å². The van der Waals surface area contributed by atoms with Crippen molar-refractivity contribution < 1.29 is 24.2 Å². The number of carbonyl (C=O) groups excluding carboxylic acids is 1. The lowest BCUT2D eigenvalue weighted by atomic mass is 10.1. The van der Waals surface area contributed by atoms with Gasteiger partial charge >= 0.3 is 5.97 Å². The molecule has 0 saturated carbocycles. The Morgan fingerprint density at radius 3 is 2.42 bits per heavy atom. The number of hydrogen-bond donors (Lipinski definition) is 1. The van der Waals surface area contributed by atoms with Gasteiger partial charge in [-0.3, -0.25) is 14.5 Å². The maximum absolute atomic E-state index is 12.8. The number of carbonyl (C=O) groups is 2. The molecule has 1 atom stereocenters. The fourth-order valence-corrected chi connectivity index (χ4v) is 2.73. The molecule has 1 amide bonds. The molecule has 1 saturated heterocycles. The number of nitrogens with zero attached hydrogens (tertiary/aromatic N) is 2. The van der Waals surface area contributed by atoms with E-state index in [1.54, 1.807) is 48.9 Å². The second-order valence-electron chi connectivity index (χ2n) is 6.35. The van der Waals surface area contributed by atoms with Crippen molar-refractivity contribution in [3.8, 4) is 11.5 Å². The van der Waals surface area contributed by atoms with Gasteiger partial charge in [0.05, 0.1) is 7.11 Å². The SMILES string of the molecule is COc1ccccc1OC(C)(C)C(=O)N1CCN(C)C(C(=O)O)C1. The summed E-state index contributed by atoms with van der Waals surface area (Å²) in [5.74, 6) is -0.159. The van der Waals surface area contributed by atoms with E-state index in [0.29, 0.717) is 24.6 Å². The minimum absolute atomic E-state index is 0.142. The van der Waals surface area contributed by atoms with Crippen molar-refractivity contribution in [3.05, 3.63) is 24.3 Å². The summed E-state index contributed by atoms with van der Waals surface area (Å²) in [4.78, 5) is 27.5. The van der Waals surface area contributed by atoms with Crippen molar-refractivity contribution >= 4 is 11.9 Å². The molecule has 1 aliphatic rings. The summed E-state index contributed by atoms with van der Waals surface area (Å²) in [6, 6.07) is 6.40. The zero-order valence-corrected chi connectivity index (χ0v) is 14.5. The molecule has 7 heteroatoms. The van der Waals surface area contributed by atoms with Gasteiger partial charge in [-0.15, -0.1) is 0 Å². The number of rotatable bonds is 5. The monoisotopic (exact) mass is 336 g/mol. The summed E-state index contributed by atoms with van der Waals surface area (Å²) < 4.78 is 11.1. The summed E-state index contributed by atoms with van der Waals surface area (Å²) in [6.45, 7) is 4.47. The summed E-state index contributed by atoms with van der Waals surface area (Å²) in [6.07, 6.45) is 0. The third-order valence-corrected chi connectivity index (χ3v) is 4.17. The third kappa shape index (κ3) is 3.79. The fraction of sp³-hybridized carbons (Fsp3) is 0.529. The number of methoxy groups -OCH3 is 1. The van der Waals surface area contributed by atoms with E-state index in [2.05, 4.69) is 0 Å². The lowest BCUT2D eigenvalue weighted by Crippen LogP contribution is -2.60. The largest absolute Gasteiger partial charge is 0.493 e. The van der Waals surface area contributed by atoms with Crippen LogP contribution in [0.15, 0.2) is 24.3 Å². The van der Waals surface area contributed by atoms with E-state index >= 15 is 0 Å². The minimum Gasteiger partial charge on any atom is -0.493 e. The Labute approximate surface area is 141 Å². The van der Waals surface area contributed by atoms with Crippen LogP contribution in [0.3, 0.4) is 0 Å². The Hall–Kier alpha value is -2.28. The lowest BCUT2D eigenvalue weighted by Gasteiger charge is -2.40. The molecule has 1 unspecified atom stereocenters. The van der Waals surface area contributed by atoms with Crippen LogP contribution in [0, 0.1) is 0 Å². The summed E-state index contributed by atoms with van der Waals surface area (Å²) in [7, 11) is 3.28. The molecule has 0 radical (unpaired) electrons. The van der Waals surface area contributed by atoms with E-state index in [1.807, 2.05) is 6.07 Å². The molecule has 7 nitrogen and oxygen atoms in total. The number of aliphatic carboxylic acids is 1. The van der Waals surface area contributed by atoms with Gasteiger partial charge in [-0.25, -0.2) is 0 Å². The first-order chi connectivity index (χ1) is 11.3. The van der Waals surface area contributed by atoms with Crippen LogP contribution in [0.1, 0.15) is 13.8 Å². The maximum atomic E-state index is 12.8. The van der Waals surface area contributed by atoms with E-state index in [1.165, 1.54) is 7.11 Å². The zero-order valence-electron chi connectivity index (χ0n) is 14.5. The van der Waals surface area contributed by atoms with Gasteiger partial charge in [0.1, 0.15) is 6.04 Å². The van der Waals surface area contributed by atoms with Crippen LogP contribution in [-0.4, -0.2) is 72.2 Å². The number of carboxylic acid groups (broad SMARTS) is 1. The molecular formula is C17H24N2O5. The van der Waals surface area contributed by atoms with E-state index < -0.39 is 17.6 Å². The highest BCUT2D eigenvalue weighted by Gasteiger charge is 2.39. The molecule has 0 spiro atoms. The molecule has 1 aromatic rings. The minimum atomic E-state index is -1.13. The third-order valence-electron chi connectivity index (χ3n) is 4.17. The maximum Gasteiger partial charge on any atom is 0.322 e. The number of piperazine rings is 1. The van der Waals surface area contributed by atoms with Crippen molar-refractivity contribution in [3.63, 3.8) is 0 Å².